The lowest BCUT2D eigenvalue weighted by Crippen LogP contribution is -2.53. The second-order valence-electron chi connectivity index (χ2n) is 7.42. The quantitative estimate of drug-likeness (QED) is 0.832. The Bertz CT molecular complexity index is 501. The first kappa shape index (κ1) is 17.0. The lowest BCUT2D eigenvalue weighted by molar-refractivity contribution is -0.140. The highest BCUT2D eigenvalue weighted by molar-refractivity contribution is 6.82. The lowest BCUT2D eigenvalue weighted by atomic mass is 10.00. The molecule has 1 aromatic carbocycles. The third-order valence-electron chi connectivity index (χ3n) is 3.76. The van der Waals surface area contributed by atoms with Crippen LogP contribution >= 0.6 is 0 Å². The van der Waals surface area contributed by atoms with Gasteiger partial charge in [0.25, 0.3) is 0 Å². The van der Waals surface area contributed by atoms with Crippen LogP contribution in [0.3, 0.4) is 0 Å². The van der Waals surface area contributed by atoms with Gasteiger partial charge in [-0.3, -0.25) is 4.79 Å². The largest absolute Gasteiger partial charge is 0.544 e. The molecular weight excluding hydrogens is 284 g/mol. The van der Waals surface area contributed by atoms with E-state index in [1.165, 1.54) is 0 Å². The van der Waals surface area contributed by atoms with E-state index < -0.39 is 27.4 Å². The molecule has 0 amide bonds. The topological polar surface area (TPSA) is 46.5 Å². The predicted molar refractivity (Wildman–Crippen MR) is 88.7 cm³/mol. The summed E-state index contributed by atoms with van der Waals surface area (Å²) in [4.78, 5) is 11.9. The van der Waals surface area contributed by atoms with Gasteiger partial charge in [0.05, 0.1) is 13.1 Å². The van der Waals surface area contributed by atoms with Crippen molar-refractivity contribution in [2.24, 2.45) is 0 Å². The maximum atomic E-state index is 11.9. The molecule has 0 aromatic heterocycles. The Balaban J connectivity index is 3.31. The second-order valence-corrected chi connectivity index (χ2v) is 17.4. The number of aliphatic carboxylic acids is 1. The molecule has 0 saturated carbocycles. The van der Waals surface area contributed by atoms with Crippen molar-refractivity contribution in [1.29, 1.82) is 0 Å². The van der Waals surface area contributed by atoms with Crippen LogP contribution in [0.2, 0.25) is 39.3 Å². The Labute approximate surface area is 124 Å². The first-order chi connectivity index (χ1) is 8.88. The summed E-state index contributed by atoms with van der Waals surface area (Å²) in [7, 11) is -3.63. The molecule has 20 heavy (non-hydrogen) atoms. The van der Waals surface area contributed by atoms with Crippen molar-refractivity contribution in [3.63, 3.8) is 0 Å². The summed E-state index contributed by atoms with van der Waals surface area (Å²) in [5.74, 6) is 0.0363. The zero-order valence-corrected chi connectivity index (χ0v) is 15.6. The third-order valence-corrected chi connectivity index (χ3v) is 8.11. The number of carboxylic acid groups (broad SMARTS) is 1. The molecule has 0 aliphatic rings. The van der Waals surface area contributed by atoms with Gasteiger partial charge in [-0.05, 0) is 44.3 Å². The van der Waals surface area contributed by atoms with Crippen molar-refractivity contribution in [3.05, 3.63) is 29.8 Å². The third kappa shape index (κ3) is 3.52. The molecule has 112 valence electrons. The summed E-state index contributed by atoms with van der Waals surface area (Å²) in [6.07, 6.45) is 0. The van der Waals surface area contributed by atoms with Gasteiger partial charge in [-0.2, -0.15) is 0 Å². The summed E-state index contributed by atoms with van der Waals surface area (Å²) in [6, 6.07) is 7.62. The van der Waals surface area contributed by atoms with Crippen molar-refractivity contribution in [2.75, 3.05) is 0 Å². The molecule has 1 rings (SSSR count). The van der Waals surface area contributed by atoms with Gasteiger partial charge >= 0.3 is 5.97 Å². The van der Waals surface area contributed by atoms with Crippen LogP contribution < -0.4 is 4.43 Å². The Morgan fingerprint density at radius 2 is 1.70 bits per heavy atom. The number of rotatable bonds is 5. The average molecular weight is 311 g/mol. The Morgan fingerprint density at radius 1 is 1.15 bits per heavy atom. The number of benzene rings is 1. The van der Waals surface area contributed by atoms with Crippen molar-refractivity contribution >= 4 is 22.4 Å². The van der Waals surface area contributed by atoms with Crippen molar-refractivity contribution < 1.29 is 14.3 Å². The van der Waals surface area contributed by atoms with Crippen LogP contribution in [0.4, 0.5) is 0 Å². The first-order valence-electron chi connectivity index (χ1n) is 6.91. The van der Waals surface area contributed by atoms with E-state index in [2.05, 4.69) is 39.3 Å². The van der Waals surface area contributed by atoms with Crippen LogP contribution in [0.15, 0.2) is 24.3 Å². The van der Waals surface area contributed by atoms with E-state index in [-0.39, 0.29) is 0 Å². The van der Waals surface area contributed by atoms with Gasteiger partial charge in [-0.15, -0.1) is 0 Å². The second kappa shape index (κ2) is 5.37. The number of carbonyl (C=O) groups is 1. The minimum absolute atomic E-state index is 0.748. The smallest absolute Gasteiger partial charge is 0.310 e. The van der Waals surface area contributed by atoms with Gasteiger partial charge in [-0.25, -0.2) is 0 Å². The van der Waals surface area contributed by atoms with E-state index in [9.17, 15) is 9.90 Å². The molecule has 0 spiro atoms. The number of hydrogen-bond donors (Lipinski definition) is 1. The van der Waals surface area contributed by atoms with E-state index in [1.54, 1.807) is 0 Å². The predicted octanol–water partition coefficient (Wildman–Crippen LogP) is 4.12. The molecule has 0 saturated heterocycles. The van der Waals surface area contributed by atoms with Crippen molar-refractivity contribution in [2.45, 2.75) is 51.2 Å². The normalized spacial score (nSPS) is 15.6. The lowest BCUT2D eigenvalue weighted by Gasteiger charge is -2.37. The molecule has 0 aliphatic heterocycles. The van der Waals surface area contributed by atoms with Crippen LogP contribution in [0.25, 0.3) is 0 Å². The Kier molecular flexibility index (Phi) is 4.56. The van der Waals surface area contributed by atoms with E-state index in [0.717, 1.165) is 11.3 Å². The summed E-state index contributed by atoms with van der Waals surface area (Å²) < 4.78 is 5.99. The molecule has 0 bridgehead atoms. The molecular formula is C15H26O3Si2. The standard InChI is InChI=1S/C15H26O3Si2/c1-15(14(16)17,19(2,3)4)12-9-8-10-13(11-12)18-20(5,6)7/h8-11H,1-7H3,(H,16,17). The number of hydrogen-bond acceptors (Lipinski definition) is 2. The van der Waals surface area contributed by atoms with E-state index in [0.29, 0.717) is 0 Å². The molecule has 1 atom stereocenters. The van der Waals surface area contributed by atoms with Gasteiger partial charge in [0.15, 0.2) is 0 Å². The van der Waals surface area contributed by atoms with Gasteiger partial charge in [0.2, 0.25) is 8.32 Å². The van der Waals surface area contributed by atoms with E-state index >= 15 is 0 Å². The molecule has 3 nitrogen and oxygen atoms in total. The molecule has 0 radical (unpaired) electrons. The SMILES string of the molecule is CC(C(=O)O)(c1cccc(O[Si](C)(C)C)c1)[Si](C)(C)C. The minimum atomic E-state index is -1.94. The first-order valence-corrected chi connectivity index (χ1v) is 13.8. The maximum absolute atomic E-state index is 11.9. The fourth-order valence-electron chi connectivity index (χ4n) is 2.10. The summed E-state index contributed by atoms with van der Waals surface area (Å²) >= 11 is 0. The highest BCUT2D eigenvalue weighted by atomic mass is 28.4. The van der Waals surface area contributed by atoms with Crippen LogP contribution in [0.1, 0.15) is 12.5 Å². The molecule has 5 heteroatoms. The summed E-state index contributed by atoms with van der Waals surface area (Å²) in [5.41, 5.74) is 0.847. The fourth-order valence-corrected chi connectivity index (χ4v) is 4.60. The Hall–Kier alpha value is -1.08. The number of carboxylic acids is 1. The maximum Gasteiger partial charge on any atom is 0.310 e. The molecule has 1 N–H and O–H groups in total. The minimum Gasteiger partial charge on any atom is -0.544 e. The van der Waals surface area contributed by atoms with Crippen molar-refractivity contribution in [1.82, 2.24) is 0 Å². The molecule has 1 aromatic rings. The fraction of sp³-hybridized carbons (Fsp3) is 0.533. The van der Waals surface area contributed by atoms with Crippen LogP contribution in [0.5, 0.6) is 5.75 Å². The van der Waals surface area contributed by atoms with Crippen LogP contribution in [0, 0.1) is 0 Å². The van der Waals surface area contributed by atoms with Gasteiger partial charge in [0, 0.05) is 0 Å². The molecule has 0 fully saturated rings. The monoisotopic (exact) mass is 310 g/mol. The molecule has 0 aliphatic carbocycles. The highest BCUT2D eigenvalue weighted by Gasteiger charge is 2.47. The van der Waals surface area contributed by atoms with Gasteiger partial charge < -0.3 is 9.53 Å². The molecule has 1 unspecified atom stereocenters. The molecule has 0 heterocycles. The summed E-state index contributed by atoms with van der Waals surface area (Å²) in [5, 5.41) is 8.93. The highest BCUT2D eigenvalue weighted by Crippen LogP contribution is 2.36. The van der Waals surface area contributed by atoms with Crippen LogP contribution in [-0.2, 0) is 9.83 Å². The Morgan fingerprint density at radius 3 is 2.10 bits per heavy atom. The summed E-state index contributed by atoms with van der Waals surface area (Å²) in [6.45, 7) is 14.5. The van der Waals surface area contributed by atoms with Gasteiger partial charge in [0.1, 0.15) is 5.75 Å². The zero-order chi connectivity index (χ0) is 15.8. The van der Waals surface area contributed by atoms with Crippen LogP contribution in [-0.4, -0.2) is 27.5 Å². The van der Waals surface area contributed by atoms with Gasteiger partial charge in [-0.1, -0.05) is 31.8 Å². The van der Waals surface area contributed by atoms with Crippen molar-refractivity contribution in [3.8, 4) is 5.75 Å². The zero-order valence-electron chi connectivity index (χ0n) is 13.6. The average Bonchev–Trinajstić information content (AvgIpc) is 2.24. The van der Waals surface area contributed by atoms with E-state index in [1.807, 2.05) is 31.2 Å². The van der Waals surface area contributed by atoms with E-state index in [4.69, 9.17) is 4.43 Å².